The summed E-state index contributed by atoms with van der Waals surface area (Å²) in [5, 5.41) is 3.27. The molecule has 0 unspecified atom stereocenters. The molecule has 0 spiro atoms. The first-order valence-corrected chi connectivity index (χ1v) is 7.05. The van der Waals surface area contributed by atoms with E-state index >= 15 is 0 Å². The van der Waals surface area contributed by atoms with Crippen molar-refractivity contribution in [3.63, 3.8) is 0 Å². The molecule has 0 amide bonds. The van der Waals surface area contributed by atoms with Gasteiger partial charge in [-0.25, -0.2) is 4.39 Å². The van der Waals surface area contributed by atoms with E-state index in [0.717, 1.165) is 31.7 Å². The van der Waals surface area contributed by atoms with Gasteiger partial charge in [0.2, 0.25) is 0 Å². The van der Waals surface area contributed by atoms with E-state index in [2.05, 4.69) is 10.2 Å². The minimum absolute atomic E-state index is 0. The smallest absolute Gasteiger partial charge is 0.131 e. The van der Waals surface area contributed by atoms with Crippen molar-refractivity contribution in [2.24, 2.45) is 0 Å². The Morgan fingerprint density at radius 1 is 1.09 bits per heavy atom. The maximum atomic E-state index is 13.7. The summed E-state index contributed by atoms with van der Waals surface area (Å²) >= 11 is 0. The molecule has 0 bridgehead atoms. The molecule has 1 aromatic rings. The molecule has 7 heteroatoms. The number of benzene rings is 1. The Hall–Kier alpha value is -1.24. The first kappa shape index (κ1) is 18.8. The van der Waals surface area contributed by atoms with Crippen molar-refractivity contribution in [3.05, 3.63) is 17.7 Å². The maximum Gasteiger partial charge on any atom is 0.131 e. The minimum atomic E-state index is -0.487. The predicted molar refractivity (Wildman–Crippen MR) is 86.5 cm³/mol. The van der Waals surface area contributed by atoms with Crippen LogP contribution in [0.5, 0.6) is 17.2 Å². The van der Waals surface area contributed by atoms with Gasteiger partial charge in [0.05, 0.1) is 32.9 Å². The second-order valence-corrected chi connectivity index (χ2v) is 4.90. The molecule has 1 heterocycles. The standard InChI is InChI=1S/C15H23FN2O3.ClH/c1-19-11-8-13(20-2)15(14(9-11)21-3)12(10-16)18-6-4-17-5-7-18;/h8-9,12,17H,4-7,10H2,1-3H3;1H/t12-;/m0./s1. The highest BCUT2D eigenvalue weighted by Crippen LogP contribution is 2.40. The summed E-state index contributed by atoms with van der Waals surface area (Å²) in [5.41, 5.74) is 0.741. The molecule has 126 valence electrons. The van der Waals surface area contributed by atoms with Crippen LogP contribution in [0, 0.1) is 0 Å². The summed E-state index contributed by atoms with van der Waals surface area (Å²) in [6, 6.07) is 3.16. The topological polar surface area (TPSA) is 43.0 Å². The highest BCUT2D eigenvalue weighted by Gasteiger charge is 2.28. The van der Waals surface area contributed by atoms with E-state index in [1.165, 1.54) is 0 Å². The number of alkyl halides is 1. The highest BCUT2D eigenvalue weighted by molar-refractivity contribution is 5.85. The van der Waals surface area contributed by atoms with E-state index in [4.69, 9.17) is 14.2 Å². The molecule has 1 saturated heterocycles. The van der Waals surface area contributed by atoms with Crippen molar-refractivity contribution in [1.29, 1.82) is 0 Å². The van der Waals surface area contributed by atoms with Gasteiger partial charge in [-0.3, -0.25) is 4.90 Å². The second kappa shape index (κ2) is 9.02. The van der Waals surface area contributed by atoms with Crippen LogP contribution in [0.2, 0.25) is 0 Å². The van der Waals surface area contributed by atoms with Gasteiger partial charge in [0.25, 0.3) is 0 Å². The van der Waals surface area contributed by atoms with Crippen molar-refractivity contribution in [2.45, 2.75) is 6.04 Å². The van der Waals surface area contributed by atoms with Crippen molar-refractivity contribution in [2.75, 3.05) is 54.2 Å². The van der Waals surface area contributed by atoms with Crippen LogP contribution in [-0.2, 0) is 0 Å². The van der Waals surface area contributed by atoms with Crippen LogP contribution in [0.3, 0.4) is 0 Å². The SMILES string of the molecule is COc1cc(OC)c([C@H](CF)N2CCNCC2)c(OC)c1.Cl. The number of hydrogen-bond acceptors (Lipinski definition) is 5. The van der Waals surface area contributed by atoms with Gasteiger partial charge in [0.1, 0.15) is 23.9 Å². The Labute approximate surface area is 137 Å². The summed E-state index contributed by atoms with van der Waals surface area (Å²) in [5.74, 6) is 1.81. The molecule has 2 rings (SSSR count). The Morgan fingerprint density at radius 3 is 2.05 bits per heavy atom. The summed E-state index contributed by atoms with van der Waals surface area (Å²) in [7, 11) is 4.73. The van der Waals surface area contributed by atoms with Gasteiger partial charge in [-0.1, -0.05) is 0 Å². The van der Waals surface area contributed by atoms with E-state index in [0.29, 0.717) is 17.2 Å². The lowest BCUT2D eigenvalue weighted by Crippen LogP contribution is -2.45. The summed E-state index contributed by atoms with van der Waals surface area (Å²) < 4.78 is 29.8. The molecule has 1 aromatic carbocycles. The third-order valence-electron chi connectivity index (χ3n) is 3.82. The van der Waals surface area contributed by atoms with Crippen LogP contribution in [0.4, 0.5) is 4.39 Å². The van der Waals surface area contributed by atoms with Crippen LogP contribution in [-0.4, -0.2) is 59.1 Å². The first-order valence-electron chi connectivity index (χ1n) is 7.05. The van der Waals surface area contributed by atoms with Crippen molar-refractivity contribution in [3.8, 4) is 17.2 Å². The van der Waals surface area contributed by atoms with Gasteiger partial charge >= 0.3 is 0 Å². The Bertz CT molecular complexity index is 445. The zero-order valence-electron chi connectivity index (χ0n) is 13.2. The average Bonchev–Trinajstić information content (AvgIpc) is 2.56. The van der Waals surface area contributed by atoms with Crippen LogP contribution >= 0.6 is 12.4 Å². The van der Waals surface area contributed by atoms with Crippen LogP contribution in [0.15, 0.2) is 12.1 Å². The van der Waals surface area contributed by atoms with Gasteiger partial charge in [-0.15, -0.1) is 12.4 Å². The maximum absolute atomic E-state index is 13.7. The van der Waals surface area contributed by atoms with E-state index in [-0.39, 0.29) is 18.4 Å². The van der Waals surface area contributed by atoms with Gasteiger partial charge in [-0.05, 0) is 0 Å². The number of piperazine rings is 1. The molecule has 1 aliphatic heterocycles. The van der Waals surface area contributed by atoms with E-state index in [1.807, 2.05) is 0 Å². The molecule has 1 fully saturated rings. The number of hydrogen-bond donors (Lipinski definition) is 1. The Morgan fingerprint density at radius 2 is 1.64 bits per heavy atom. The van der Waals surface area contributed by atoms with E-state index in [9.17, 15) is 4.39 Å². The predicted octanol–water partition coefficient (Wildman–Crippen LogP) is 2.05. The highest BCUT2D eigenvalue weighted by atomic mass is 35.5. The monoisotopic (exact) mass is 334 g/mol. The molecule has 0 aromatic heterocycles. The summed E-state index contributed by atoms with van der Waals surface area (Å²) in [6.07, 6.45) is 0. The third kappa shape index (κ3) is 3.94. The second-order valence-electron chi connectivity index (χ2n) is 4.90. The van der Waals surface area contributed by atoms with Crippen LogP contribution in [0.1, 0.15) is 11.6 Å². The summed E-state index contributed by atoms with van der Waals surface area (Å²) in [6.45, 7) is 2.83. The van der Waals surface area contributed by atoms with Crippen molar-refractivity contribution in [1.82, 2.24) is 10.2 Å². The van der Waals surface area contributed by atoms with E-state index in [1.54, 1.807) is 33.5 Å². The van der Waals surface area contributed by atoms with Gasteiger partial charge in [0.15, 0.2) is 0 Å². The normalized spacial score (nSPS) is 16.5. The van der Waals surface area contributed by atoms with Crippen molar-refractivity contribution >= 4 is 12.4 Å². The number of ether oxygens (including phenoxy) is 3. The zero-order chi connectivity index (χ0) is 15.2. The molecule has 0 radical (unpaired) electrons. The fourth-order valence-electron chi connectivity index (χ4n) is 2.71. The molecule has 0 aliphatic carbocycles. The Kier molecular flexibility index (Phi) is 7.72. The minimum Gasteiger partial charge on any atom is -0.496 e. The molecule has 1 atom stereocenters. The quantitative estimate of drug-likeness (QED) is 0.862. The summed E-state index contributed by atoms with van der Waals surface area (Å²) in [4.78, 5) is 2.11. The fraction of sp³-hybridized carbons (Fsp3) is 0.600. The molecule has 22 heavy (non-hydrogen) atoms. The number of methoxy groups -OCH3 is 3. The van der Waals surface area contributed by atoms with Crippen molar-refractivity contribution < 1.29 is 18.6 Å². The Balaban J connectivity index is 0.00000242. The van der Waals surface area contributed by atoms with Gasteiger partial charge in [-0.2, -0.15) is 0 Å². The lowest BCUT2D eigenvalue weighted by atomic mass is 10.0. The lowest BCUT2D eigenvalue weighted by molar-refractivity contribution is 0.142. The average molecular weight is 335 g/mol. The third-order valence-corrected chi connectivity index (χ3v) is 3.82. The molecule has 1 aliphatic rings. The number of halogens is 2. The molecule has 0 saturated carbocycles. The number of nitrogens with one attached hydrogen (secondary N) is 1. The fourth-order valence-corrected chi connectivity index (χ4v) is 2.71. The molecule has 1 N–H and O–H groups in total. The number of nitrogens with zero attached hydrogens (tertiary/aromatic N) is 1. The van der Waals surface area contributed by atoms with Crippen LogP contribution < -0.4 is 19.5 Å². The van der Waals surface area contributed by atoms with Crippen LogP contribution in [0.25, 0.3) is 0 Å². The van der Waals surface area contributed by atoms with Gasteiger partial charge in [0, 0.05) is 38.3 Å². The largest absolute Gasteiger partial charge is 0.496 e. The molecular weight excluding hydrogens is 311 g/mol. The van der Waals surface area contributed by atoms with Gasteiger partial charge < -0.3 is 19.5 Å². The first-order chi connectivity index (χ1) is 10.2. The zero-order valence-corrected chi connectivity index (χ0v) is 14.0. The van der Waals surface area contributed by atoms with E-state index < -0.39 is 6.67 Å². The molecular formula is C15H24ClFN2O3. The lowest BCUT2D eigenvalue weighted by Gasteiger charge is -2.34. The number of rotatable bonds is 6. The molecule has 5 nitrogen and oxygen atoms in total.